The van der Waals surface area contributed by atoms with Gasteiger partial charge >= 0.3 is 5.97 Å². The predicted molar refractivity (Wildman–Crippen MR) is 67.4 cm³/mol. The number of nitrogens with one attached hydrogen (secondary N) is 1. The number of carbonyl (C=O) groups is 2. The third-order valence-electron chi connectivity index (χ3n) is 2.49. The van der Waals surface area contributed by atoms with Crippen molar-refractivity contribution in [3.05, 3.63) is 21.3 Å². The van der Waals surface area contributed by atoms with Gasteiger partial charge in [0.15, 0.2) is 0 Å². The number of halogens is 1. The highest BCUT2D eigenvalue weighted by Gasteiger charge is 2.21. The highest BCUT2D eigenvalue weighted by Crippen LogP contribution is 2.21. The molecule has 1 amide bonds. The van der Waals surface area contributed by atoms with Crippen LogP contribution in [0.5, 0.6) is 0 Å². The molecule has 0 aliphatic rings. The first-order valence-electron chi connectivity index (χ1n) is 5.16. The normalized spacial score (nSPS) is 14.1. The van der Waals surface area contributed by atoms with Crippen LogP contribution < -0.4 is 5.32 Å². The molecule has 1 rings (SSSR count). The van der Waals surface area contributed by atoms with Gasteiger partial charge in [0.05, 0.1) is 16.7 Å². The molecule has 2 N–H and O–H groups in total. The molecule has 4 nitrogen and oxygen atoms in total. The van der Waals surface area contributed by atoms with Crippen molar-refractivity contribution < 1.29 is 14.7 Å². The minimum Gasteiger partial charge on any atom is -0.481 e. The second-order valence-electron chi connectivity index (χ2n) is 3.87. The van der Waals surface area contributed by atoms with E-state index in [2.05, 4.69) is 5.32 Å². The van der Waals surface area contributed by atoms with Crippen LogP contribution in [0, 0.1) is 5.92 Å². The maximum atomic E-state index is 11.6. The number of carbonyl (C=O) groups excluding carboxylic acids is 1. The summed E-state index contributed by atoms with van der Waals surface area (Å²) < 4.78 is 0.639. The van der Waals surface area contributed by atoms with Crippen LogP contribution in [0.2, 0.25) is 4.34 Å². The van der Waals surface area contributed by atoms with Gasteiger partial charge in [-0.3, -0.25) is 9.59 Å². The number of carboxylic acids is 1. The van der Waals surface area contributed by atoms with Crippen LogP contribution in [0.25, 0.3) is 0 Å². The molecule has 0 aromatic carbocycles. The van der Waals surface area contributed by atoms with Crippen LogP contribution in [0.4, 0.5) is 0 Å². The van der Waals surface area contributed by atoms with Gasteiger partial charge in [0.1, 0.15) is 0 Å². The largest absolute Gasteiger partial charge is 0.481 e. The Bertz CT molecular complexity index is 419. The summed E-state index contributed by atoms with van der Waals surface area (Å²) in [5.74, 6) is -1.72. The number of hydrogen-bond acceptors (Lipinski definition) is 3. The first kappa shape index (κ1) is 14.0. The second kappa shape index (κ2) is 6.02. The van der Waals surface area contributed by atoms with Gasteiger partial charge in [0, 0.05) is 10.9 Å². The van der Waals surface area contributed by atoms with Gasteiger partial charge < -0.3 is 10.4 Å². The molecule has 6 heteroatoms. The van der Waals surface area contributed by atoms with Crippen molar-refractivity contribution in [2.75, 3.05) is 0 Å². The molecular weight excluding hydrogens is 262 g/mol. The Morgan fingerprint density at radius 3 is 2.59 bits per heavy atom. The first-order valence-corrected chi connectivity index (χ1v) is 6.36. The maximum absolute atomic E-state index is 11.6. The van der Waals surface area contributed by atoms with E-state index in [1.54, 1.807) is 26.0 Å². The molecule has 0 fully saturated rings. The predicted octanol–water partition coefficient (Wildman–Crippen LogP) is 2.17. The topological polar surface area (TPSA) is 66.4 Å². The molecule has 2 atom stereocenters. The molecule has 0 saturated heterocycles. The fourth-order valence-electron chi connectivity index (χ4n) is 1.25. The average Bonchev–Trinajstić information content (AvgIpc) is 2.62. The highest BCUT2D eigenvalue weighted by atomic mass is 35.5. The lowest BCUT2D eigenvalue weighted by Crippen LogP contribution is -2.40. The van der Waals surface area contributed by atoms with Crippen molar-refractivity contribution in [3.63, 3.8) is 0 Å². The number of carboxylic acid groups (broad SMARTS) is 1. The summed E-state index contributed by atoms with van der Waals surface area (Å²) in [6.07, 6.45) is 0.230. The summed E-state index contributed by atoms with van der Waals surface area (Å²) in [6.45, 7) is 3.24. The van der Waals surface area contributed by atoms with Crippen molar-refractivity contribution >= 4 is 34.8 Å². The summed E-state index contributed by atoms with van der Waals surface area (Å²) in [6, 6.07) is 3.13. The van der Waals surface area contributed by atoms with E-state index in [1.807, 2.05) is 0 Å². The molecule has 2 unspecified atom stereocenters. The Labute approximate surface area is 109 Å². The standard InChI is InChI=1S/C11H14ClNO3S/c1-6(11(15)16)7(2)13-10(14)5-8-3-4-9(12)17-8/h3-4,6-7H,5H2,1-2H3,(H,13,14)(H,15,16). The van der Waals surface area contributed by atoms with Gasteiger partial charge in [-0.2, -0.15) is 0 Å². The Morgan fingerprint density at radius 2 is 2.12 bits per heavy atom. The van der Waals surface area contributed by atoms with Crippen molar-refractivity contribution in [1.29, 1.82) is 0 Å². The van der Waals surface area contributed by atoms with E-state index in [1.165, 1.54) is 11.3 Å². The molecule has 1 aromatic rings. The highest BCUT2D eigenvalue weighted by molar-refractivity contribution is 7.16. The fraction of sp³-hybridized carbons (Fsp3) is 0.455. The van der Waals surface area contributed by atoms with Gasteiger partial charge in [-0.1, -0.05) is 11.6 Å². The second-order valence-corrected chi connectivity index (χ2v) is 5.67. The molecule has 0 saturated carbocycles. The number of amides is 1. The number of aliphatic carboxylic acids is 1. The molecule has 0 radical (unpaired) electrons. The lowest BCUT2D eigenvalue weighted by atomic mass is 10.0. The monoisotopic (exact) mass is 275 g/mol. The molecule has 17 heavy (non-hydrogen) atoms. The lowest BCUT2D eigenvalue weighted by Gasteiger charge is -2.17. The fourth-order valence-corrected chi connectivity index (χ4v) is 2.34. The van der Waals surface area contributed by atoms with Crippen molar-refractivity contribution in [2.24, 2.45) is 5.92 Å². The van der Waals surface area contributed by atoms with Gasteiger partial charge in [0.2, 0.25) is 5.91 Å². The van der Waals surface area contributed by atoms with Crippen LogP contribution >= 0.6 is 22.9 Å². The van der Waals surface area contributed by atoms with E-state index in [0.717, 1.165) is 4.88 Å². The van der Waals surface area contributed by atoms with Gasteiger partial charge in [0.25, 0.3) is 0 Å². The summed E-state index contributed by atoms with van der Waals surface area (Å²) in [4.78, 5) is 23.2. The van der Waals surface area contributed by atoms with E-state index >= 15 is 0 Å². The van der Waals surface area contributed by atoms with Gasteiger partial charge in [-0.05, 0) is 26.0 Å². The SMILES string of the molecule is CC(NC(=O)Cc1ccc(Cl)s1)C(C)C(=O)O. The minimum atomic E-state index is -0.919. The van der Waals surface area contributed by atoms with Crippen LogP contribution in [0.1, 0.15) is 18.7 Å². The Kier molecular flexibility index (Phi) is 4.96. The van der Waals surface area contributed by atoms with E-state index in [-0.39, 0.29) is 12.3 Å². The van der Waals surface area contributed by atoms with Gasteiger partial charge in [-0.25, -0.2) is 0 Å². The average molecular weight is 276 g/mol. The number of rotatable bonds is 5. The first-order chi connectivity index (χ1) is 7.90. The van der Waals surface area contributed by atoms with E-state index in [4.69, 9.17) is 16.7 Å². The number of hydrogen-bond donors (Lipinski definition) is 2. The third kappa shape index (κ3) is 4.36. The molecule has 1 heterocycles. The van der Waals surface area contributed by atoms with Crippen LogP contribution in [-0.4, -0.2) is 23.0 Å². The molecule has 1 aromatic heterocycles. The minimum absolute atomic E-state index is 0.191. The zero-order valence-electron chi connectivity index (χ0n) is 9.57. The molecule has 94 valence electrons. The summed E-state index contributed by atoms with van der Waals surface area (Å²) in [5, 5.41) is 11.5. The molecule has 0 spiro atoms. The van der Waals surface area contributed by atoms with Crippen LogP contribution in [0.3, 0.4) is 0 Å². The van der Waals surface area contributed by atoms with Crippen molar-refractivity contribution in [1.82, 2.24) is 5.32 Å². The molecule has 0 aliphatic carbocycles. The van der Waals surface area contributed by atoms with Crippen LogP contribution in [-0.2, 0) is 16.0 Å². The summed E-state index contributed by atoms with van der Waals surface area (Å²) in [5.41, 5.74) is 0. The smallest absolute Gasteiger partial charge is 0.308 e. The quantitative estimate of drug-likeness (QED) is 0.865. The van der Waals surface area contributed by atoms with E-state index < -0.39 is 17.9 Å². The van der Waals surface area contributed by atoms with E-state index in [0.29, 0.717) is 4.34 Å². The number of thiophene rings is 1. The Morgan fingerprint density at radius 1 is 1.47 bits per heavy atom. The van der Waals surface area contributed by atoms with Crippen LogP contribution in [0.15, 0.2) is 12.1 Å². The van der Waals surface area contributed by atoms with Gasteiger partial charge in [-0.15, -0.1) is 11.3 Å². The van der Waals surface area contributed by atoms with E-state index in [9.17, 15) is 9.59 Å². The summed E-state index contributed by atoms with van der Waals surface area (Å²) >= 11 is 7.10. The summed E-state index contributed by atoms with van der Waals surface area (Å²) in [7, 11) is 0. The van der Waals surface area contributed by atoms with Crippen molar-refractivity contribution in [3.8, 4) is 0 Å². The maximum Gasteiger partial charge on any atom is 0.308 e. The zero-order chi connectivity index (χ0) is 13.0. The lowest BCUT2D eigenvalue weighted by molar-refractivity contribution is -0.142. The molecule has 0 bridgehead atoms. The molecule has 0 aliphatic heterocycles. The zero-order valence-corrected chi connectivity index (χ0v) is 11.1. The van der Waals surface area contributed by atoms with Crippen molar-refractivity contribution in [2.45, 2.75) is 26.3 Å². The Hall–Kier alpha value is -1.07. The Balaban J connectivity index is 2.47. The third-order valence-corrected chi connectivity index (χ3v) is 3.72. The molecular formula is C11H14ClNO3S.